The van der Waals surface area contributed by atoms with Gasteiger partial charge in [-0.15, -0.1) is 0 Å². The number of nitrogens with zero attached hydrogens (tertiary/aromatic N) is 2. The zero-order valence-corrected chi connectivity index (χ0v) is 5.67. The third-order valence-corrected chi connectivity index (χ3v) is 1.04. The van der Waals surface area contributed by atoms with Gasteiger partial charge in [-0.25, -0.2) is 9.97 Å². The third kappa shape index (κ3) is 1.41. The first-order chi connectivity index (χ1) is 4.70. The van der Waals surface area contributed by atoms with Crippen molar-refractivity contribution in [1.29, 1.82) is 0 Å². The molecule has 0 saturated heterocycles. The van der Waals surface area contributed by atoms with Crippen molar-refractivity contribution in [2.45, 2.75) is 0 Å². The molecule has 4 nitrogen and oxygen atoms in total. The Morgan fingerprint density at radius 1 is 1.50 bits per heavy atom. The molecule has 0 aliphatic heterocycles. The third-order valence-electron chi connectivity index (χ3n) is 0.841. The van der Waals surface area contributed by atoms with Gasteiger partial charge in [0, 0.05) is 12.4 Å². The van der Waals surface area contributed by atoms with Gasteiger partial charge >= 0.3 is 0 Å². The van der Waals surface area contributed by atoms with Gasteiger partial charge in [0.05, 0.1) is 5.02 Å². The molecule has 0 spiro atoms. The van der Waals surface area contributed by atoms with Crippen LogP contribution < -0.4 is 5.73 Å². The highest BCUT2D eigenvalue weighted by molar-refractivity contribution is 6.30. The van der Waals surface area contributed by atoms with E-state index >= 15 is 0 Å². The highest BCUT2D eigenvalue weighted by Crippen LogP contribution is 2.01. The van der Waals surface area contributed by atoms with Crippen LogP contribution in [0.15, 0.2) is 12.4 Å². The van der Waals surface area contributed by atoms with Crippen LogP contribution in [0, 0.1) is 0 Å². The summed E-state index contributed by atoms with van der Waals surface area (Å²) in [6.45, 7) is 0. The van der Waals surface area contributed by atoms with Gasteiger partial charge in [0.25, 0.3) is 5.91 Å². The molecule has 52 valence electrons. The maximum absolute atomic E-state index is 10.4. The number of carbonyl (C=O) groups is 1. The summed E-state index contributed by atoms with van der Waals surface area (Å²) >= 11 is 5.44. The summed E-state index contributed by atoms with van der Waals surface area (Å²) in [5, 5.41) is 0.380. The fourth-order valence-electron chi connectivity index (χ4n) is 0.440. The lowest BCUT2D eigenvalue weighted by Crippen LogP contribution is -2.14. The largest absolute Gasteiger partial charge is 0.363 e. The van der Waals surface area contributed by atoms with E-state index in [9.17, 15) is 4.79 Å². The lowest BCUT2D eigenvalue weighted by molar-refractivity contribution is 0.0990. The number of halogens is 1. The normalized spacial score (nSPS) is 9.30. The summed E-state index contributed by atoms with van der Waals surface area (Å²) < 4.78 is 0. The molecule has 0 fully saturated rings. The number of carbonyl (C=O) groups excluding carboxylic acids is 1. The van der Waals surface area contributed by atoms with Gasteiger partial charge in [0.2, 0.25) is 5.82 Å². The van der Waals surface area contributed by atoms with Crippen LogP contribution in [-0.2, 0) is 0 Å². The lowest BCUT2D eigenvalue weighted by Gasteiger charge is -1.90. The Kier molecular flexibility index (Phi) is 1.82. The summed E-state index contributed by atoms with van der Waals surface area (Å²) in [6, 6.07) is 0. The van der Waals surface area contributed by atoms with E-state index in [-0.39, 0.29) is 5.82 Å². The topological polar surface area (TPSA) is 68.9 Å². The Morgan fingerprint density at radius 3 is 2.40 bits per heavy atom. The Bertz CT molecular complexity index is 246. The van der Waals surface area contributed by atoms with E-state index in [2.05, 4.69) is 9.97 Å². The summed E-state index contributed by atoms with van der Waals surface area (Å²) in [7, 11) is 0. The first kappa shape index (κ1) is 6.95. The van der Waals surface area contributed by atoms with Gasteiger partial charge in [0.15, 0.2) is 0 Å². The number of nitrogens with two attached hydrogens (primary N) is 1. The van der Waals surface area contributed by atoms with E-state index in [1.54, 1.807) is 0 Å². The molecule has 0 aromatic carbocycles. The number of hydrogen-bond acceptors (Lipinski definition) is 3. The fourth-order valence-corrected chi connectivity index (χ4v) is 0.537. The minimum Gasteiger partial charge on any atom is -0.363 e. The molecule has 0 saturated carbocycles. The molecular weight excluding hydrogens is 154 g/mol. The van der Waals surface area contributed by atoms with E-state index in [1.165, 1.54) is 12.4 Å². The summed E-state index contributed by atoms with van der Waals surface area (Å²) in [5.41, 5.74) is 4.86. The second-order valence-electron chi connectivity index (χ2n) is 1.59. The van der Waals surface area contributed by atoms with Crippen molar-refractivity contribution in [2.24, 2.45) is 5.73 Å². The minimum absolute atomic E-state index is 0.0237. The monoisotopic (exact) mass is 157 g/mol. The number of amides is 1. The number of hydrogen-bond donors (Lipinski definition) is 1. The van der Waals surface area contributed by atoms with Crippen LogP contribution in [0.4, 0.5) is 0 Å². The van der Waals surface area contributed by atoms with Gasteiger partial charge < -0.3 is 5.73 Å². The van der Waals surface area contributed by atoms with Gasteiger partial charge in [-0.3, -0.25) is 4.79 Å². The lowest BCUT2D eigenvalue weighted by atomic mass is 10.5. The highest BCUT2D eigenvalue weighted by Gasteiger charge is 2.00. The van der Waals surface area contributed by atoms with Crippen LogP contribution in [0.3, 0.4) is 0 Å². The predicted octanol–water partition coefficient (Wildman–Crippen LogP) is 0.229. The Hall–Kier alpha value is -1.16. The van der Waals surface area contributed by atoms with Crippen LogP contribution in [0.25, 0.3) is 0 Å². The fraction of sp³-hybridized carbons (Fsp3) is 0. The quantitative estimate of drug-likeness (QED) is 0.635. The Morgan fingerprint density at radius 2 is 2.00 bits per heavy atom. The second kappa shape index (κ2) is 2.62. The van der Waals surface area contributed by atoms with Crippen LogP contribution in [0.1, 0.15) is 10.6 Å². The van der Waals surface area contributed by atoms with E-state index in [1.807, 2.05) is 0 Å². The molecule has 1 rings (SSSR count). The van der Waals surface area contributed by atoms with Gasteiger partial charge in [-0.05, 0) is 0 Å². The summed E-state index contributed by atoms with van der Waals surface area (Å²) in [4.78, 5) is 17.5. The number of primary amides is 1. The van der Waals surface area contributed by atoms with Crippen molar-refractivity contribution in [3.05, 3.63) is 23.2 Å². The molecule has 0 unspecified atom stereocenters. The standard InChI is InChI=1S/C5H4ClN3O/c6-3-1-8-5(4(7)10)9-2-3/h1-2H,(H2,7,10). The molecule has 0 aliphatic rings. The van der Waals surface area contributed by atoms with Gasteiger partial charge in [0.1, 0.15) is 0 Å². The van der Waals surface area contributed by atoms with Crippen molar-refractivity contribution in [3.63, 3.8) is 0 Å². The molecule has 1 aromatic heterocycles. The average Bonchev–Trinajstić information content (AvgIpc) is 1.88. The molecule has 0 aliphatic carbocycles. The van der Waals surface area contributed by atoms with Crippen LogP contribution in [0.2, 0.25) is 5.02 Å². The molecule has 0 atom stereocenters. The molecule has 1 aromatic rings. The first-order valence-corrected chi connectivity index (χ1v) is 2.85. The average molecular weight is 158 g/mol. The van der Waals surface area contributed by atoms with Crippen molar-refractivity contribution in [3.8, 4) is 0 Å². The maximum Gasteiger partial charge on any atom is 0.286 e. The molecule has 1 amide bonds. The summed E-state index contributed by atoms with van der Waals surface area (Å²) in [5.74, 6) is -0.680. The van der Waals surface area contributed by atoms with Crippen molar-refractivity contribution < 1.29 is 4.79 Å². The van der Waals surface area contributed by atoms with E-state index in [4.69, 9.17) is 17.3 Å². The molecule has 1 heterocycles. The summed E-state index contributed by atoms with van der Waals surface area (Å²) in [6.07, 6.45) is 2.63. The van der Waals surface area contributed by atoms with Crippen molar-refractivity contribution in [2.75, 3.05) is 0 Å². The van der Waals surface area contributed by atoms with Crippen LogP contribution in [0.5, 0.6) is 0 Å². The smallest absolute Gasteiger partial charge is 0.286 e. The van der Waals surface area contributed by atoms with E-state index < -0.39 is 5.91 Å². The molecule has 2 N–H and O–H groups in total. The van der Waals surface area contributed by atoms with Gasteiger partial charge in [-0.2, -0.15) is 0 Å². The molecule has 0 radical (unpaired) electrons. The highest BCUT2D eigenvalue weighted by atomic mass is 35.5. The van der Waals surface area contributed by atoms with E-state index in [0.717, 1.165) is 0 Å². The molecule has 5 heteroatoms. The van der Waals surface area contributed by atoms with E-state index in [0.29, 0.717) is 5.02 Å². The Labute approximate surface area is 62.0 Å². The van der Waals surface area contributed by atoms with Gasteiger partial charge in [-0.1, -0.05) is 11.6 Å². The molecule has 0 bridgehead atoms. The molecule has 10 heavy (non-hydrogen) atoms. The SMILES string of the molecule is NC(=O)c1ncc(Cl)cn1. The first-order valence-electron chi connectivity index (χ1n) is 2.47. The Balaban J connectivity index is 3.00. The van der Waals surface area contributed by atoms with Crippen LogP contribution in [-0.4, -0.2) is 15.9 Å². The number of aromatic nitrogens is 2. The maximum atomic E-state index is 10.4. The predicted molar refractivity (Wildman–Crippen MR) is 35.6 cm³/mol. The second-order valence-corrected chi connectivity index (χ2v) is 2.03. The number of rotatable bonds is 1. The zero-order valence-electron chi connectivity index (χ0n) is 4.91. The molecular formula is C5H4ClN3O. The van der Waals surface area contributed by atoms with Crippen molar-refractivity contribution in [1.82, 2.24) is 9.97 Å². The van der Waals surface area contributed by atoms with Crippen LogP contribution >= 0.6 is 11.6 Å². The minimum atomic E-state index is -0.656. The zero-order chi connectivity index (χ0) is 7.56. The van der Waals surface area contributed by atoms with Crippen molar-refractivity contribution >= 4 is 17.5 Å².